The molecule has 5 heterocycles. The Morgan fingerprint density at radius 1 is 0.950 bits per heavy atom. The van der Waals surface area contributed by atoms with Crippen molar-refractivity contribution in [1.29, 1.82) is 0 Å². The minimum absolute atomic E-state index is 0.0506. The van der Waals surface area contributed by atoms with Gasteiger partial charge < -0.3 is 29.7 Å². The first-order valence-corrected chi connectivity index (χ1v) is 13.4. The van der Waals surface area contributed by atoms with Crippen molar-refractivity contribution < 1.29 is 28.6 Å². The minimum Gasteiger partial charge on any atom is -0.493 e. The van der Waals surface area contributed by atoms with Crippen molar-refractivity contribution in [1.82, 2.24) is 15.5 Å². The number of carbonyl (C=O) groups excluding carboxylic acids is 3. The Morgan fingerprint density at radius 3 is 2.50 bits per heavy atom. The number of piperidine rings is 1. The van der Waals surface area contributed by atoms with Gasteiger partial charge >= 0.3 is 0 Å². The summed E-state index contributed by atoms with van der Waals surface area (Å²) in [7, 11) is 1.53. The highest BCUT2D eigenvalue weighted by atomic mass is 16.5. The maximum Gasteiger partial charge on any atom is 0.258 e. The van der Waals surface area contributed by atoms with Gasteiger partial charge in [0.15, 0.2) is 18.1 Å². The number of amides is 3. The fourth-order valence-electron chi connectivity index (χ4n) is 4.94. The highest BCUT2D eigenvalue weighted by Crippen LogP contribution is 2.29. The van der Waals surface area contributed by atoms with Crippen LogP contribution in [0.25, 0.3) is 0 Å². The molecule has 0 radical (unpaired) electrons. The molecule has 40 heavy (non-hydrogen) atoms. The van der Waals surface area contributed by atoms with Crippen molar-refractivity contribution in [2.75, 3.05) is 26.8 Å². The third kappa shape index (κ3) is 6.72. The molecule has 0 saturated carbocycles. The number of rotatable bonds is 2. The third-order valence-electron chi connectivity index (χ3n) is 7.13. The van der Waals surface area contributed by atoms with Gasteiger partial charge in [-0.05, 0) is 53.9 Å². The van der Waals surface area contributed by atoms with Crippen molar-refractivity contribution in [3.8, 4) is 17.2 Å². The molecule has 3 amide bonds. The monoisotopic (exact) mass is 543 g/mol. The summed E-state index contributed by atoms with van der Waals surface area (Å²) in [5.41, 5.74) is 2.47. The summed E-state index contributed by atoms with van der Waals surface area (Å²) in [5, 5.41) is 5.99. The summed E-state index contributed by atoms with van der Waals surface area (Å²) < 4.78 is 17.6. The van der Waals surface area contributed by atoms with Crippen LogP contribution >= 0.6 is 0 Å². The Hall–Kier alpha value is -4.53. The van der Waals surface area contributed by atoms with E-state index in [1.54, 1.807) is 23.1 Å². The molecule has 0 aliphatic carbocycles. The molecule has 0 spiro atoms. The lowest BCUT2D eigenvalue weighted by Gasteiger charge is -2.39. The minimum atomic E-state index is -0.452. The molecule has 3 aromatic carbocycles. The molecule has 208 valence electrons. The average molecular weight is 544 g/mol. The highest BCUT2D eigenvalue weighted by Gasteiger charge is 2.34. The lowest BCUT2D eigenvalue weighted by atomic mass is 10.0. The zero-order valence-electron chi connectivity index (χ0n) is 22.4. The number of aryl methyl sites for hydroxylation is 1. The molecule has 5 aliphatic heterocycles. The Morgan fingerprint density at radius 2 is 1.73 bits per heavy atom. The normalized spacial score (nSPS) is 19.9. The van der Waals surface area contributed by atoms with Crippen molar-refractivity contribution in [3.05, 3.63) is 89.5 Å². The summed E-state index contributed by atoms with van der Waals surface area (Å²) in [5.74, 6) is 1.09. The van der Waals surface area contributed by atoms with Crippen LogP contribution in [0.5, 0.6) is 17.2 Å². The molecule has 9 heteroatoms. The van der Waals surface area contributed by atoms with E-state index in [0.29, 0.717) is 61.7 Å². The molecular weight excluding hydrogens is 510 g/mol. The van der Waals surface area contributed by atoms with E-state index in [2.05, 4.69) is 10.6 Å². The second kappa shape index (κ2) is 12.5. The number of hydrogen-bond donors (Lipinski definition) is 2. The number of nitrogens with zero attached hydrogens (tertiary/aromatic N) is 1. The van der Waals surface area contributed by atoms with Gasteiger partial charge in [0.25, 0.3) is 11.8 Å². The Kier molecular flexibility index (Phi) is 8.49. The zero-order valence-corrected chi connectivity index (χ0v) is 22.4. The number of methoxy groups -OCH3 is 1. The molecule has 0 unspecified atom stereocenters. The SMILES string of the molecule is COc1cc2ccc1OCC(=O)N[C@@H]1CN(C(=O)c3ccccc3)CC[C@H]1Oc1ccc(cc1)CNC(=O)CC2. The molecule has 1 saturated heterocycles. The van der Waals surface area contributed by atoms with E-state index in [0.717, 1.165) is 11.1 Å². The number of nitrogens with one attached hydrogen (secondary N) is 2. The Bertz CT molecular complexity index is 1340. The van der Waals surface area contributed by atoms with Crippen LogP contribution in [0.1, 0.15) is 34.3 Å². The fraction of sp³-hybridized carbons (Fsp3) is 0.323. The van der Waals surface area contributed by atoms with Crippen LogP contribution in [-0.2, 0) is 22.6 Å². The van der Waals surface area contributed by atoms with Gasteiger partial charge in [0, 0.05) is 38.0 Å². The first-order chi connectivity index (χ1) is 19.5. The van der Waals surface area contributed by atoms with E-state index >= 15 is 0 Å². The molecule has 9 nitrogen and oxygen atoms in total. The van der Waals surface area contributed by atoms with Crippen LogP contribution in [0.2, 0.25) is 0 Å². The van der Waals surface area contributed by atoms with Crippen molar-refractivity contribution >= 4 is 17.7 Å². The lowest BCUT2D eigenvalue weighted by Crippen LogP contribution is -2.58. The standard InChI is InChI=1S/C31H33N3O6/c1-38-28-17-21-9-13-27(28)39-20-30(36)33-25-19-34(31(37)23-5-3-2-4-6-23)16-15-26(25)40-24-11-7-22(8-12-24)18-32-29(35)14-10-21/h2-9,11-13,17,25-26H,10,14-16,18-20H2,1H3,(H,32,35)(H,33,36)/t25-,26-/m1/s1. The van der Waals surface area contributed by atoms with Crippen molar-refractivity contribution in [3.63, 3.8) is 0 Å². The van der Waals surface area contributed by atoms with E-state index in [4.69, 9.17) is 14.2 Å². The van der Waals surface area contributed by atoms with Gasteiger partial charge in [-0.25, -0.2) is 0 Å². The maximum atomic E-state index is 13.2. The van der Waals surface area contributed by atoms with Gasteiger partial charge in [0.1, 0.15) is 11.9 Å². The largest absolute Gasteiger partial charge is 0.493 e. The predicted octanol–water partition coefficient (Wildman–Crippen LogP) is 3.11. The molecule has 0 aromatic heterocycles. The second-order valence-electron chi connectivity index (χ2n) is 9.93. The summed E-state index contributed by atoms with van der Waals surface area (Å²) in [4.78, 5) is 40.4. The number of benzene rings is 3. The topological polar surface area (TPSA) is 106 Å². The molecular formula is C31H33N3O6. The Labute approximate surface area is 233 Å². The third-order valence-corrected chi connectivity index (χ3v) is 7.13. The summed E-state index contributed by atoms with van der Waals surface area (Å²) >= 11 is 0. The Balaban J connectivity index is 1.37. The fourth-order valence-corrected chi connectivity index (χ4v) is 4.94. The van der Waals surface area contributed by atoms with Crippen LogP contribution in [-0.4, -0.2) is 61.6 Å². The van der Waals surface area contributed by atoms with Crippen molar-refractivity contribution in [2.45, 2.75) is 38.0 Å². The maximum absolute atomic E-state index is 13.2. The molecule has 2 N–H and O–H groups in total. The van der Waals surface area contributed by atoms with E-state index < -0.39 is 6.04 Å². The zero-order chi connectivity index (χ0) is 27.9. The van der Waals surface area contributed by atoms with Gasteiger partial charge in [-0.1, -0.05) is 36.4 Å². The van der Waals surface area contributed by atoms with Crippen LogP contribution in [0, 0.1) is 0 Å². The molecule has 3 aromatic rings. The van der Waals surface area contributed by atoms with E-state index in [9.17, 15) is 14.4 Å². The number of hydrogen-bond acceptors (Lipinski definition) is 6. The van der Waals surface area contributed by atoms with E-state index in [1.165, 1.54) is 7.11 Å². The van der Waals surface area contributed by atoms with Crippen LogP contribution in [0.3, 0.4) is 0 Å². The molecule has 8 rings (SSSR count). The summed E-state index contributed by atoms with van der Waals surface area (Å²) in [6, 6.07) is 21.6. The van der Waals surface area contributed by atoms with Gasteiger partial charge in [0.2, 0.25) is 5.91 Å². The summed E-state index contributed by atoms with van der Waals surface area (Å²) in [6.07, 6.45) is 1.06. The highest BCUT2D eigenvalue weighted by molar-refractivity contribution is 5.94. The number of ether oxygens (including phenoxy) is 3. The summed E-state index contributed by atoms with van der Waals surface area (Å²) in [6.45, 7) is 0.970. The van der Waals surface area contributed by atoms with Gasteiger partial charge in [0.05, 0.1) is 13.2 Å². The molecule has 4 bridgehead atoms. The molecule has 2 atom stereocenters. The quantitative estimate of drug-likeness (QED) is 0.515. The molecule has 1 fully saturated rings. The number of likely N-dealkylation sites (tertiary alicyclic amines) is 1. The predicted molar refractivity (Wildman–Crippen MR) is 148 cm³/mol. The van der Waals surface area contributed by atoms with E-state index in [-0.39, 0.29) is 30.4 Å². The van der Waals surface area contributed by atoms with Crippen LogP contribution < -0.4 is 24.8 Å². The van der Waals surface area contributed by atoms with Gasteiger partial charge in [-0.15, -0.1) is 0 Å². The first-order valence-electron chi connectivity index (χ1n) is 13.4. The number of carbonyl (C=O) groups is 3. The lowest BCUT2D eigenvalue weighted by molar-refractivity contribution is -0.125. The average Bonchev–Trinajstić information content (AvgIpc) is 2.99. The van der Waals surface area contributed by atoms with Crippen LogP contribution in [0.15, 0.2) is 72.8 Å². The van der Waals surface area contributed by atoms with Gasteiger partial charge in [-0.3, -0.25) is 14.4 Å². The van der Waals surface area contributed by atoms with E-state index in [1.807, 2.05) is 54.6 Å². The first kappa shape index (κ1) is 27.1. The van der Waals surface area contributed by atoms with Gasteiger partial charge in [-0.2, -0.15) is 0 Å². The smallest absolute Gasteiger partial charge is 0.258 e. The molecule has 5 aliphatic rings. The van der Waals surface area contributed by atoms with Crippen LogP contribution in [0.4, 0.5) is 0 Å². The van der Waals surface area contributed by atoms with Crippen molar-refractivity contribution in [2.24, 2.45) is 0 Å². The second-order valence-corrected chi connectivity index (χ2v) is 9.93.